The van der Waals surface area contributed by atoms with E-state index in [9.17, 15) is 19.2 Å². The lowest BCUT2D eigenvalue weighted by Crippen LogP contribution is -2.09. The van der Waals surface area contributed by atoms with Crippen LogP contribution in [0.2, 0.25) is 0 Å². The third kappa shape index (κ3) is 7.01. The van der Waals surface area contributed by atoms with E-state index in [0.29, 0.717) is 22.3 Å². The highest BCUT2D eigenvalue weighted by Crippen LogP contribution is 2.37. The molecule has 0 heterocycles. The lowest BCUT2D eigenvalue weighted by Gasteiger charge is -2.16. The Bertz CT molecular complexity index is 1300. The van der Waals surface area contributed by atoms with Gasteiger partial charge in [-0.15, -0.1) is 0 Å². The van der Waals surface area contributed by atoms with Crippen molar-refractivity contribution in [2.24, 2.45) is 0 Å². The second-order valence-corrected chi connectivity index (χ2v) is 7.07. The van der Waals surface area contributed by atoms with Crippen molar-refractivity contribution in [2.45, 2.75) is 13.8 Å². The van der Waals surface area contributed by atoms with Crippen molar-refractivity contribution in [3.8, 4) is 23.0 Å². The maximum absolute atomic E-state index is 11.9. The highest BCUT2D eigenvalue weighted by molar-refractivity contribution is 5.93. The minimum absolute atomic E-state index is 0.00950. The largest absolute Gasteiger partial charge is 0.423 e. The van der Waals surface area contributed by atoms with Gasteiger partial charge in [-0.2, -0.15) is 0 Å². The predicted molar refractivity (Wildman–Crippen MR) is 134 cm³/mol. The third-order valence-electron chi connectivity index (χ3n) is 4.81. The van der Waals surface area contributed by atoms with Crippen molar-refractivity contribution in [1.82, 2.24) is 0 Å². The highest BCUT2D eigenvalue weighted by Gasteiger charge is 2.17. The molecule has 0 N–H and O–H groups in total. The van der Waals surface area contributed by atoms with Crippen LogP contribution in [0.25, 0.3) is 11.1 Å². The molecule has 0 amide bonds. The predicted octanol–water partition coefficient (Wildman–Crippen LogP) is 5.00. The lowest BCUT2D eigenvalue weighted by atomic mass is 9.96. The van der Waals surface area contributed by atoms with Gasteiger partial charge in [0.05, 0.1) is 0 Å². The minimum Gasteiger partial charge on any atom is -0.423 e. The third-order valence-corrected chi connectivity index (χ3v) is 4.81. The second kappa shape index (κ2) is 12.5. The van der Waals surface area contributed by atoms with Crippen molar-refractivity contribution in [3.63, 3.8) is 0 Å². The fourth-order valence-corrected chi connectivity index (χ4v) is 2.89. The number of benzene rings is 2. The molecule has 2 aromatic carbocycles. The zero-order valence-corrected chi connectivity index (χ0v) is 19.9. The van der Waals surface area contributed by atoms with Gasteiger partial charge in [-0.05, 0) is 54.8 Å². The molecule has 2 rings (SSSR count). The molecule has 0 atom stereocenters. The Hall–Kier alpha value is -4.98. The first kappa shape index (κ1) is 27.3. The molecule has 0 aromatic heterocycles. The number of hydrogen-bond acceptors (Lipinski definition) is 8. The van der Waals surface area contributed by atoms with Gasteiger partial charge in [-0.1, -0.05) is 32.4 Å². The molecule has 0 spiro atoms. The summed E-state index contributed by atoms with van der Waals surface area (Å²) in [6.45, 7) is 17.0. The van der Waals surface area contributed by atoms with Crippen LogP contribution in [0.1, 0.15) is 25.0 Å². The van der Waals surface area contributed by atoms with Gasteiger partial charge in [0.25, 0.3) is 0 Å². The number of hydrogen-bond donors (Lipinski definition) is 0. The molecule has 184 valence electrons. The zero-order chi connectivity index (χ0) is 26.8. The summed E-state index contributed by atoms with van der Waals surface area (Å²) in [4.78, 5) is 47.0. The van der Waals surface area contributed by atoms with Crippen LogP contribution in [0.3, 0.4) is 0 Å². The van der Waals surface area contributed by atoms with Crippen LogP contribution < -0.4 is 18.9 Å². The fourth-order valence-electron chi connectivity index (χ4n) is 2.89. The number of esters is 4. The Morgan fingerprint density at radius 3 is 1.64 bits per heavy atom. The van der Waals surface area contributed by atoms with E-state index in [-0.39, 0.29) is 23.0 Å². The molecule has 8 heteroatoms. The fraction of sp³-hybridized carbons (Fsp3) is 0.0714. The van der Waals surface area contributed by atoms with Gasteiger partial charge in [0.15, 0.2) is 11.5 Å². The monoisotopic (exact) mass is 488 g/mol. The van der Waals surface area contributed by atoms with Gasteiger partial charge in [0.2, 0.25) is 0 Å². The van der Waals surface area contributed by atoms with Gasteiger partial charge in [0.1, 0.15) is 11.5 Å². The first-order valence-electron chi connectivity index (χ1n) is 10.5. The number of rotatable bonds is 10. The molecular weight excluding hydrogens is 464 g/mol. The molecule has 0 saturated heterocycles. The Morgan fingerprint density at radius 1 is 0.583 bits per heavy atom. The van der Waals surface area contributed by atoms with Crippen LogP contribution in [-0.2, 0) is 19.2 Å². The van der Waals surface area contributed by atoms with E-state index >= 15 is 0 Å². The number of allylic oxidation sites excluding steroid dienone is 2. The molecule has 0 aliphatic rings. The maximum Gasteiger partial charge on any atom is 0.335 e. The van der Waals surface area contributed by atoms with E-state index < -0.39 is 23.9 Å². The molecule has 0 aliphatic heterocycles. The van der Waals surface area contributed by atoms with Crippen molar-refractivity contribution in [3.05, 3.63) is 98.1 Å². The summed E-state index contributed by atoms with van der Waals surface area (Å²) in [5.41, 5.74) is 2.52. The number of carbonyl (C=O) groups is 4. The van der Waals surface area contributed by atoms with Gasteiger partial charge in [-0.3, -0.25) is 0 Å². The van der Waals surface area contributed by atoms with E-state index in [4.69, 9.17) is 18.9 Å². The van der Waals surface area contributed by atoms with E-state index in [1.54, 1.807) is 26.0 Å². The first-order chi connectivity index (χ1) is 17.1. The summed E-state index contributed by atoms with van der Waals surface area (Å²) in [7, 11) is 0. The summed E-state index contributed by atoms with van der Waals surface area (Å²) in [5.74, 6) is -2.58. The molecule has 36 heavy (non-hydrogen) atoms. The Balaban J connectivity index is 2.60. The van der Waals surface area contributed by atoms with Gasteiger partial charge in [0, 0.05) is 35.9 Å². The number of ether oxygens (including phenoxy) is 4. The average molecular weight is 488 g/mol. The molecule has 0 radical (unpaired) electrons. The first-order valence-corrected chi connectivity index (χ1v) is 10.5. The Morgan fingerprint density at radius 2 is 1.08 bits per heavy atom. The molecule has 0 bridgehead atoms. The zero-order valence-electron chi connectivity index (χ0n) is 19.9. The second-order valence-electron chi connectivity index (χ2n) is 7.07. The summed E-state index contributed by atoms with van der Waals surface area (Å²) < 4.78 is 20.9. The van der Waals surface area contributed by atoms with Crippen molar-refractivity contribution >= 4 is 35.0 Å². The molecule has 0 saturated carbocycles. The van der Waals surface area contributed by atoms with E-state index in [2.05, 4.69) is 26.3 Å². The van der Waals surface area contributed by atoms with Crippen molar-refractivity contribution in [1.29, 1.82) is 0 Å². The van der Waals surface area contributed by atoms with Crippen LogP contribution >= 0.6 is 0 Å². The minimum atomic E-state index is -0.746. The van der Waals surface area contributed by atoms with Crippen LogP contribution in [0.5, 0.6) is 23.0 Å². The van der Waals surface area contributed by atoms with Gasteiger partial charge in [-0.25, -0.2) is 19.2 Å². The van der Waals surface area contributed by atoms with Crippen molar-refractivity contribution in [2.75, 3.05) is 0 Å². The van der Waals surface area contributed by atoms with Crippen LogP contribution in [-0.4, -0.2) is 23.9 Å². The molecule has 8 nitrogen and oxygen atoms in total. The van der Waals surface area contributed by atoms with Crippen LogP contribution in [0.15, 0.2) is 87.0 Å². The van der Waals surface area contributed by atoms with E-state index in [1.165, 1.54) is 24.3 Å². The van der Waals surface area contributed by atoms with Crippen molar-refractivity contribution < 1.29 is 38.1 Å². The molecular formula is C28H24O8. The molecule has 0 unspecified atom stereocenters. The topological polar surface area (TPSA) is 105 Å². The molecule has 0 aliphatic carbocycles. The normalized spacial score (nSPS) is 10.7. The SMILES string of the molecule is C=CC(=O)Oc1ccc(/C(C)=C(\C)c2ccc(OC(=O)C=C)c(OC(=O)C=C)c2)c(OC(=O)C=C)c1. The van der Waals surface area contributed by atoms with Gasteiger partial charge < -0.3 is 18.9 Å². The summed E-state index contributed by atoms with van der Waals surface area (Å²) in [6.07, 6.45) is 3.96. The van der Waals surface area contributed by atoms with Crippen LogP contribution in [0.4, 0.5) is 0 Å². The summed E-state index contributed by atoms with van der Waals surface area (Å²) >= 11 is 0. The summed E-state index contributed by atoms with van der Waals surface area (Å²) in [5, 5.41) is 0. The highest BCUT2D eigenvalue weighted by atomic mass is 16.6. The van der Waals surface area contributed by atoms with E-state index in [1.807, 2.05) is 0 Å². The smallest absolute Gasteiger partial charge is 0.335 e. The van der Waals surface area contributed by atoms with E-state index in [0.717, 1.165) is 24.3 Å². The number of carbonyl (C=O) groups excluding carboxylic acids is 4. The Labute approximate surface area is 208 Å². The quantitative estimate of drug-likeness (QED) is 0.199. The molecule has 0 fully saturated rings. The Kier molecular flexibility index (Phi) is 9.45. The summed E-state index contributed by atoms with van der Waals surface area (Å²) in [6, 6.07) is 9.19. The standard InChI is InChI=1S/C28H24O8/c1-7-25(29)33-20-12-13-21(23(16-20)35-27(31)9-3)18(6)17(5)19-11-14-22(34-26(30)8-2)24(15-19)36-28(32)10-4/h7-16H,1-4H2,5-6H3/b18-17+. The lowest BCUT2D eigenvalue weighted by molar-refractivity contribution is -0.131. The van der Waals surface area contributed by atoms with Gasteiger partial charge >= 0.3 is 23.9 Å². The maximum atomic E-state index is 11.9. The molecule has 2 aromatic rings. The van der Waals surface area contributed by atoms with Crippen LogP contribution in [0, 0.1) is 0 Å². The average Bonchev–Trinajstić information content (AvgIpc) is 2.88.